The molecule has 1 aromatic heterocycles. The molecule has 1 saturated heterocycles. The van der Waals surface area contributed by atoms with Gasteiger partial charge < -0.3 is 19.8 Å². The predicted octanol–water partition coefficient (Wildman–Crippen LogP) is -1.23. The van der Waals surface area contributed by atoms with E-state index in [2.05, 4.69) is 15.5 Å². The van der Waals surface area contributed by atoms with E-state index in [0.717, 1.165) is 17.9 Å². The highest BCUT2D eigenvalue weighted by atomic mass is 16.2. The molecule has 0 aromatic carbocycles. The van der Waals surface area contributed by atoms with Crippen LogP contribution in [0.2, 0.25) is 0 Å². The number of hydrogen-bond donors (Lipinski definition) is 1. The lowest BCUT2D eigenvalue weighted by Crippen LogP contribution is -2.31. The van der Waals surface area contributed by atoms with Gasteiger partial charge in [0.25, 0.3) is 7.41 Å². The molecule has 1 aromatic rings. The minimum Gasteiger partial charge on any atom is -0.349 e. The van der Waals surface area contributed by atoms with Gasteiger partial charge in [-0.25, -0.2) is 9.48 Å². The topological polar surface area (TPSA) is 83.4 Å². The summed E-state index contributed by atoms with van der Waals surface area (Å²) in [4.78, 5) is 25.6. The van der Waals surface area contributed by atoms with Crippen molar-refractivity contribution in [3.05, 3.63) is 18.0 Å². The second kappa shape index (κ2) is 5.08. The normalized spacial score (nSPS) is 21.1. The van der Waals surface area contributed by atoms with Crippen LogP contribution >= 0.6 is 0 Å². The quantitative estimate of drug-likeness (QED) is 0.412. The monoisotopic (exact) mass is 273 g/mol. The van der Waals surface area contributed by atoms with Gasteiger partial charge in [-0.1, -0.05) is 5.21 Å². The van der Waals surface area contributed by atoms with Gasteiger partial charge in [0.1, 0.15) is 0 Å². The molecule has 9 heteroatoms. The van der Waals surface area contributed by atoms with Crippen molar-refractivity contribution >= 4 is 25.3 Å². The Hall–Kier alpha value is -2.16. The number of rotatable bonds is 5. The van der Waals surface area contributed by atoms with Gasteiger partial charge in [-0.2, -0.15) is 0 Å². The van der Waals surface area contributed by atoms with Crippen molar-refractivity contribution in [2.24, 2.45) is 0 Å². The first kappa shape index (κ1) is 12.9. The van der Waals surface area contributed by atoms with Crippen LogP contribution in [0.5, 0.6) is 0 Å². The summed E-state index contributed by atoms with van der Waals surface area (Å²) >= 11 is 0. The first-order chi connectivity index (χ1) is 9.69. The van der Waals surface area contributed by atoms with Crippen LogP contribution in [0.15, 0.2) is 12.3 Å². The van der Waals surface area contributed by atoms with E-state index >= 15 is 0 Å². The molecular formula is C11H14BN6O2. The van der Waals surface area contributed by atoms with Crippen LogP contribution in [0.1, 0.15) is 5.69 Å². The SMILES string of the molecule is CN1C(=O)N2CC(n3cc(CN[B]C=O)nn3)=CC1C2. The van der Waals surface area contributed by atoms with Crippen LogP contribution in [0, 0.1) is 0 Å². The zero-order chi connectivity index (χ0) is 14.1. The molecule has 8 nitrogen and oxygen atoms in total. The minimum absolute atomic E-state index is 0.0452. The summed E-state index contributed by atoms with van der Waals surface area (Å²) in [5.41, 5.74) is 1.67. The molecule has 2 bridgehead atoms. The number of nitrogens with zero attached hydrogens (tertiary/aromatic N) is 5. The van der Waals surface area contributed by atoms with E-state index in [1.165, 1.54) is 7.41 Å². The van der Waals surface area contributed by atoms with E-state index < -0.39 is 0 Å². The van der Waals surface area contributed by atoms with E-state index in [1.807, 2.05) is 6.08 Å². The third kappa shape index (κ3) is 2.20. The summed E-state index contributed by atoms with van der Waals surface area (Å²) in [5.74, 6) is 0. The summed E-state index contributed by atoms with van der Waals surface area (Å²) < 4.78 is 1.68. The number of aromatic nitrogens is 3. The molecule has 0 saturated carbocycles. The van der Waals surface area contributed by atoms with Crippen molar-refractivity contribution in [1.82, 2.24) is 30.0 Å². The second-order valence-corrected chi connectivity index (χ2v) is 4.84. The number of hydrogen-bond acceptors (Lipinski definition) is 5. The van der Waals surface area contributed by atoms with Crippen molar-refractivity contribution in [3.63, 3.8) is 0 Å². The van der Waals surface area contributed by atoms with E-state index in [9.17, 15) is 9.59 Å². The van der Waals surface area contributed by atoms with Gasteiger partial charge in [0.2, 0.25) is 0 Å². The Morgan fingerprint density at radius 2 is 2.45 bits per heavy atom. The highest BCUT2D eigenvalue weighted by Gasteiger charge is 2.37. The average Bonchev–Trinajstić information content (AvgIpc) is 3.00. The molecular weight excluding hydrogens is 259 g/mol. The maximum Gasteiger partial charge on any atom is 0.320 e. The largest absolute Gasteiger partial charge is 0.349 e. The van der Waals surface area contributed by atoms with E-state index in [0.29, 0.717) is 19.3 Å². The van der Waals surface area contributed by atoms with Crippen LogP contribution in [0.3, 0.4) is 0 Å². The highest BCUT2D eigenvalue weighted by Crippen LogP contribution is 2.24. The van der Waals surface area contributed by atoms with Crippen LogP contribution in [0.4, 0.5) is 4.79 Å². The van der Waals surface area contributed by atoms with Gasteiger partial charge in [-0.15, -0.1) is 5.10 Å². The summed E-state index contributed by atoms with van der Waals surface area (Å²) in [6.45, 7) is 1.71. The summed E-state index contributed by atoms with van der Waals surface area (Å²) in [7, 11) is 3.12. The lowest BCUT2D eigenvalue weighted by Gasteiger charge is -2.20. The minimum atomic E-state index is 0.0452. The fourth-order valence-corrected chi connectivity index (χ4v) is 2.44. The zero-order valence-corrected chi connectivity index (χ0v) is 11.1. The van der Waals surface area contributed by atoms with Gasteiger partial charge in [0, 0.05) is 20.1 Å². The van der Waals surface area contributed by atoms with Crippen LogP contribution in [-0.2, 0) is 11.3 Å². The van der Waals surface area contributed by atoms with Gasteiger partial charge in [-0.05, 0) is 6.08 Å². The Bertz CT molecular complexity index is 571. The summed E-state index contributed by atoms with van der Waals surface area (Å²) in [6, 6.07) is 0.143. The molecule has 0 spiro atoms. The molecule has 1 radical (unpaired) electrons. The first-order valence-corrected chi connectivity index (χ1v) is 6.33. The number of nitrogens with one attached hydrogen (secondary N) is 1. The van der Waals surface area contributed by atoms with Crippen LogP contribution < -0.4 is 5.23 Å². The lowest BCUT2D eigenvalue weighted by molar-refractivity contribution is 0.201. The van der Waals surface area contributed by atoms with Gasteiger partial charge >= 0.3 is 6.03 Å². The maximum absolute atomic E-state index is 11.9. The summed E-state index contributed by atoms with van der Waals surface area (Å²) in [5, 5.41) is 10.9. The standard InChI is InChI=1S/C11H14BN6O2/c1-16-9-2-10(6-17(5-9)11(16)20)18-4-8(14-15-18)3-13-12-7-19/h2,4,7,9,13H,3,5-6H2,1H3. The number of fused-ring (bicyclic) bond motifs is 2. The highest BCUT2D eigenvalue weighted by molar-refractivity contribution is 6.64. The molecule has 3 rings (SSSR count). The molecule has 0 aliphatic carbocycles. The lowest BCUT2D eigenvalue weighted by atomic mass is 9.99. The maximum atomic E-state index is 11.9. The van der Waals surface area contributed by atoms with Crippen molar-refractivity contribution < 1.29 is 9.59 Å². The van der Waals surface area contributed by atoms with E-state index in [1.54, 1.807) is 27.7 Å². The molecule has 20 heavy (non-hydrogen) atoms. The van der Waals surface area contributed by atoms with Gasteiger partial charge in [0.05, 0.1) is 36.4 Å². The smallest absolute Gasteiger partial charge is 0.320 e. The molecule has 2 aliphatic rings. The van der Waals surface area contributed by atoms with Crippen molar-refractivity contribution in [1.29, 1.82) is 0 Å². The second-order valence-electron chi connectivity index (χ2n) is 4.84. The number of carbonyl (C=O) groups excluding carboxylic acids is 2. The molecule has 2 amide bonds. The average molecular weight is 273 g/mol. The van der Waals surface area contributed by atoms with Crippen molar-refractivity contribution in [2.75, 3.05) is 20.1 Å². The molecule has 1 fully saturated rings. The molecule has 2 aliphatic heterocycles. The van der Waals surface area contributed by atoms with Crippen LogP contribution in [-0.4, -0.2) is 70.6 Å². The fraction of sp³-hybridized carbons (Fsp3) is 0.455. The third-order valence-corrected chi connectivity index (χ3v) is 3.52. The van der Waals surface area contributed by atoms with E-state index in [4.69, 9.17) is 0 Å². The molecule has 1 N–H and O–H groups in total. The van der Waals surface area contributed by atoms with Gasteiger partial charge in [-0.3, -0.25) is 0 Å². The number of urea groups is 1. The number of carbonyl (C=O) groups is 2. The Kier molecular flexibility index (Phi) is 3.27. The number of likely N-dealkylation sites (N-methyl/N-ethyl adjacent to an activating group) is 1. The first-order valence-electron chi connectivity index (χ1n) is 6.33. The molecule has 1 atom stereocenters. The summed E-state index contributed by atoms with van der Waals surface area (Å²) in [6.07, 6.45) is 4.53. The Morgan fingerprint density at radius 3 is 3.20 bits per heavy atom. The molecule has 1 unspecified atom stereocenters. The fourth-order valence-electron chi connectivity index (χ4n) is 2.44. The third-order valence-electron chi connectivity index (χ3n) is 3.52. The van der Waals surface area contributed by atoms with Gasteiger partial charge in [0.15, 0.2) is 0 Å². The zero-order valence-electron chi connectivity index (χ0n) is 11.1. The molecule has 3 heterocycles. The molecule has 103 valence electrons. The van der Waals surface area contributed by atoms with E-state index in [-0.39, 0.29) is 12.1 Å². The van der Waals surface area contributed by atoms with Crippen LogP contribution in [0.25, 0.3) is 5.70 Å². The number of amides is 2. The Balaban J connectivity index is 1.72. The predicted molar refractivity (Wildman–Crippen MR) is 72.2 cm³/mol. The Morgan fingerprint density at radius 1 is 1.60 bits per heavy atom. The van der Waals surface area contributed by atoms with Crippen molar-refractivity contribution in [3.8, 4) is 0 Å². The Labute approximate surface area is 116 Å². The van der Waals surface area contributed by atoms with Crippen molar-refractivity contribution in [2.45, 2.75) is 12.6 Å².